The monoisotopic (exact) mass is 559 g/mol. The van der Waals surface area contributed by atoms with Crippen LogP contribution in [0.15, 0.2) is 75.1 Å². The third kappa shape index (κ3) is 5.84. The Morgan fingerprint density at radius 3 is 2.71 bits per heavy atom. The number of amides is 1. The summed E-state index contributed by atoms with van der Waals surface area (Å²) in [5.41, 5.74) is 3.22. The summed E-state index contributed by atoms with van der Waals surface area (Å²) in [5.74, 6) is 1.12. The van der Waals surface area contributed by atoms with Crippen LogP contribution in [0.1, 0.15) is 26.4 Å². The zero-order valence-corrected chi connectivity index (χ0v) is 20.6. The van der Waals surface area contributed by atoms with Crippen molar-refractivity contribution in [2.24, 2.45) is 0 Å². The maximum atomic E-state index is 12.7. The maximum Gasteiger partial charge on any atom is 0.266 e. The van der Waals surface area contributed by atoms with Gasteiger partial charge in [0.25, 0.3) is 5.91 Å². The lowest BCUT2D eigenvalue weighted by Crippen LogP contribution is -2.11. The second-order valence-corrected chi connectivity index (χ2v) is 9.71. The molecule has 31 heavy (non-hydrogen) atoms. The van der Waals surface area contributed by atoms with E-state index in [4.69, 9.17) is 4.74 Å². The van der Waals surface area contributed by atoms with Crippen LogP contribution in [0.25, 0.3) is 0 Å². The molecule has 0 bridgehead atoms. The number of hydrogen-bond acceptors (Lipinski definition) is 4. The summed E-state index contributed by atoms with van der Waals surface area (Å²) < 4.78 is 9.38. The Hall–Kier alpha value is -2.42. The lowest BCUT2D eigenvalue weighted by atomic mass is 10.2. The van der Waals surface area contributed by atoms with Crippen LogP contribution in [0, 0.1) is 6.92 Å². The van der Waals surface area contributed by atoms with Gasteiger partial charge in [0.1, 0.15) is 12.4 Å². The number of rotatable bonds is 7. The Morgan fingerprint density at radius 2 is 1.94 bits per heavy atom. The van der Waals surface area contributed by atoms with Crippen molar-refractivity contribution in [2.75, 3.05) is 5.32 Å². The van der Waals surface area contributed by atoms with E-state index in [0.717, 1.165) is 31.4 Å². The van der Waals surface area contributed by atoms with Crippen LogP contribution >= 0.6 is 43.2 Å². The van der Waals surface area contributed by atoms with Gasteiger partial charge >= 0.3 is 0 Å². The third-order valence-corrected chi connectivity index (χ3v) is 6.57. The number of ether oxygens (including phenoxy) is 1. The number of thiophene rings is 1. The summed E-state index contributed by atoms with van der Waals surface area (Å²) in [6.45, 7) is 3.05. The van der Waals surface area contributed by atoms with Crippen molar-refractivity contribution in [3.8, 4) is 5.75 Å². The molecule has 2 aromatic heterocycles. The zero-order valence-electron chi connectivity index (χ0n) is 16.6. The smallest absolute Gasteiger partial charge is 0.266 e. The minimum atomic E-state index is -0.193. The van der Waals surface area contributed by atoms with Gasteiger partial charge in [-0.1, -0.05) is 40.2 Å². The van der Waals surface area contributed by atoms with Gasteiger partial charge in [-0.2, -0.15) is 5.10 Å². The number of anilines is 1. The summed E-state index contributed by atoms with van der Waals surface area (Å²) in [7, 11) is 0. The molecule has 2 heterocycles. The molecule has 0 aliphatic heterocycles. The van der Waals surface area contributed by atoms with Crippen LogP contribution in [0.3, 0.4) is 0 Å². The predicted octanol–water partition coefficient (Wildman–Crippen LogP) is 6.66. The van der Waals surface area contributed by atoms with Crippen molar-refractivity contribution in [3.63, 3.8) is 0 Å². The fourth-order valence-electron chi connectivity index (χ4n) is 2.95. The molecule has 0 fully saturated rings. The zero-order chi connectivity index (χ0) is 21.8. The first-order chi connectivity index (χ1) is 15.0. The number of carbonyl (C=O) groups is 1. The third-order valence-electron chi connectivity index (χ3n) is 4.48. The number of nitrogens with zero attached hydrogens (tertiary/aromatic N) is 2. The highest BCUT2D eigenvalue weighted by Crippen LogP contribution is 2.24. The molecule has 158 valence electrons. The molecule has 0 atom stereocenters. The molecular formula is C23H19Br2N3O2S. The summed E-state index contributed by atoms with van der Waals surface area (Å²) >= 11 is 8.31. The first-order valence-corrected chi connectivity index (χ1v) is 12.0. The summed E-state index contributed by atoms with van der Waals surface area (Å²) in [6.07, 6.45) is 1.85. The van der Waals surface area contributed by atoms with E-state index in [2.05, 4.69) is 42.3 Å². The molecule has 0 saturated heterocycles. The van der Waals surface area contributed by atoms with E-state index in [1.54, 1.807) is 4.68 Å². The number of carbonyl (C=O) groups excluding carboxylic acids is 1. The predicted molar refractivity (Wildman–Crippen MR) is 131 cm³/mol. The van der Waals surface area contributed by atoms with Crippen LogP contribution in [0.2, 0.25) is 0 Å². The van der Waals surface area contributed by atoms with Crippen molar-refractivity contribution in [2.45, 2.75) is 20.1 Å². The van der Waals surface area contributed by atoms with Crippen molar-refractivity contribution in [1.29, 1.82) is 0 Å². The minimum Gasteiger partial charge on any atom is -0.489 e. The van der Waals surface area contributed by atoms with Crippen LogP contribution in [-0.4, -0.2) is 15.7 Å². The molecule has 1 N–H and O–H groups in total. The van der Waals surface area contributed by atoms with Gasteiger partial charge in [0.2, 0.25) is 0 Å². The largest absolute Gasteiger partial charge is 0.489 e. The van der Waals surface area contributed by atoms with Crippen LogP contribution < -0.4 is 10.1 Å². The number of aromatic nitrogens is 2. The molecule has 0 radical (unpaired) electrons. The second-order valence-electron chi connectivity index (χ2n) is 7.03. The lowest BCUT2D eigenvalue weighted by Gasteiger charge is -2.05. The van der Waals surface area contributed by atoms with Gasteiger partial charge in [-0.25, -0.2) is 0 Å². The molecule has 4 aromatic rings. The van der Waals surface area contributed by atoms with Crippen molar-refractivity contribution in [3.05, 3.63) is 96.7 Å². The molecular weight excluding hydrogens is 542 g/mol. The van der Waals surface area contributed by atoms with E-state index in [0.29, 0.717) is 23.8 Å². The molecule has 0 spiro atoms. The fourth-order valence-corrected chi connectivity index (χ4v) is 4.42. The molecule has 8 heteroatoms. The normalized spacial score (nSPS) is 10.8. The van der Waals surface area contributed by atoms with Crippen LogP contribution in [0.4, 0.5) is 5.82 Å². The van der Waals surface area contributed by atoms with E-state index >= 15 is 0 Å². The van der Waals surface area contributed by atoms with Crippen molar-refractivity contribution >= 4 is 54.9 Å². The Labute approximate surface area is 201 Å². The molecule has 2 aromatic carbocycles. The first-order valence-electron chi connectivity index (χ1n) is 9.52. The lowest BCUT2D eigenvalue weighted by molar-refractivity contribution is 0.103. The molecule has 0 saturated carbocycles. The van der Waals surface area contributed by atoms with E-state index in [1.807, 2.05) is 73.1 Å². The Morgan fingerprint density at radius 1 is 1.13 bits per heavy atom. The quantitative estimate of drug-likeness (QED) is 0.275. The minimum absolute atomic E-state index is 0.193. The van der Waals surface area contributed by atoms with E-state index in [-0.39, 0.29) is 5.91 Å². The van der Waals surface area contributed by atoms with Gasteiger partial charge in [0.05, 0.1) is 15.9 Å². The van der Waals surface area contributed by atoms with Crippen LogP contribution in [-0.2, 0) is 13.2 Å². The Bertz CT molecular complexity index is 1200. The number of hydrogen-bond donors (Lipinski definition) is 1. The Kier molecular flexibility index (Phi) is 6.89. The average molecular weight is 561 g/mol. The standard InChI is InChI=1S/C23H19Br2N3O2S/c1-15-3-2-4-19(9-15)30-13-17-10-21(31-14-17)23(29)26-22-20(25)12-28(27-22)11-16-5-7-18(24)8-6-16/h2-10,12,14H,11,13H2,1H3,(H,26,27,29). The first kappa shape index (κ1) is 21.8. The summed E-state index contributed by atoms with van der Waals surface area (Å²) in [6, 6.07) is 17.8. The fraction of sp³-hybridized carbons (Fsp3) is 0.130. The molecule has 0 aliphatic carbocycles. The SMILES string of the molecule is Cc1cccc(OCc2csc(C(=O)Nc3nn(Cc4ccc(Br)cc4)cc3Br)c2)c1. The highest BCUT2D eigenvalue weighted by Gasteiger charge is 2.14. The topological polar surface area (TPSA) is 56.1 Å². The average Bonchev–Trinajstić information content (AvgIpc) is 3.35. The summed E-state index contributed by atoms with van der Waals surface area (Å²) in [5, 5.41) is 9.31. The highest BCUT2D eigenvalue weighted by atomic mass is 79.9. The van der Waals surface area contributed by atoms with Gasteiger partial charge in [-0.3, -0.25) is 9.48 Å². The number of aryl methyl sites for hydroxylation is 1. The molecule has 0 aliphatic rings. The van der Waals surface area contributed by atoms with Crippen molar-refractivity contribution in [1.82, 2.24) is 9.78 Å². The van der Waals surface area contributed by atoms with E-state index in [1.165, 1.54) is 11.3 Å². The van der Waals surface area contributed by atoms with E-state index < -0.39 is 0 Å². The molecule has 0 unspecified atom stereocenters. The highest BCUT2D eigenvalue weighted by molar-refractivity contribution is 9.10. The summed E-state index contributed by atoms with van der Waals surface area (Å²) in [4.78, 5) is 13.3. The molecule has 4 rings (SSSR count). The van der Waals surface area contributed by atoms with E-state index in [9.17, 15) is 4.79 Å². The molecule has 1 amide bonds. The Balaban J connectivity index is 1.37. The van der Waals surface area contributed by atoms with Gasteiger partial charge in [-0.05, 0) is 69.7 Å². The number of halogens is 2. The molecule has 5 nitrogen and oxygen atoms in total. The van der Waals surface area contributed by atoms with Gasteiger partial charge in [-0.15, -0.1) is 11.3 Å². The van der Waals surface area contributed by atoms with Gasteiger partial charge in [0, 0.05) is 16.2 Å². The number of nitrogens with one attached hydrogen (secondary N) is 1. The maximum absolute atomic E-state index is 12.7. The van der Waals surface area contributed by atoms with Gasteiger partial charge < -0.3 is 10.1 Å². The van der Waals surface area contributed by atoms with Gasteiger partial charge in [0.15, 0.2) is 5.82 Å². The number of benzene rings is 2. The second kappa shape index (κ2) is 9.80. The van der Waals surface area contributed by atoms with Crippen molar-refractivity contribution < 1.29 is 9.53 Å². The van der Waals surface area contributed by atoms with Crippen LogP contribution in [0.5, 0.6) is 5.75 Å².